The van der Waals surface area contributed by atoms with Crippen molar-refractivity contribution in [3.8, 4) is 0 Å². The Morgan fingerprint density at radius 1 is 1.50 bits per heavy atom. The maximum absolute atomic E-state index is 5.57. The molecule has 14 heavy (non-hydrogen) atoms. The lowest BCUT2D eigenvalue weighted by atomic mass is 9.97. The van der Waals surface area contributed by atoms with E-state index in [1.807, 2.05) is 0 Å². The summed E-state index contributed by atoms with van der Waals surface area (Å²) in [5.41, 5.74) is 0. The van der Waals surface area contributed by atoms with Crippen LogP contribution in [0.4, 0.5) is 0 Å². The molecule has 0 bridgehead atoms. The lowest BCUT2D eigenvalue weighted by Crippen LogP contribution is -2.22. The predicted octanol–water partition coefficient (Wildman–Crippen LogP) is 2.97. The van der Waals surface area contributed by atoms with Crippen LogP contribution in [0.5, 0.6) is 0 Å². The highest BCUT2D eigenvalue weighted by Crippen LogP contribution is 2.25. The lowest BCUT2D eigenvalue weighted by Gasteiger charge is -2.26. The fourth-order valence-corrected chi connectivity index (χ4v) is 2.00. The van der Waals surface area contributed by atoms with Gasteiger partial charge in [0, 0.05) is 11.5 Å². The smallest absolute Gasteiger partial charge is 0.205 e. The summed E-state index contributed by atoms with van der Waals surface area (Å²) in [4.78, 5) is 3.98. The summed E-state index contributed by atoms with van der Waals surface area (Å²) in [5, 5.41) is 0.463. The minimum absolute atomic E-state index is 0.237. The van der Waals surface area contributed by atoms with Crippen LogP contribution in [0.2, 0.25) is 0 Å². The molecule has 2 atom stereocenters. The molecule has 0 aromatic carbocycles. The van der Waals surface area contributed by atoms with E-state index in [4.69, 9.17) is 4.74 Å². The van der Waals surface area contributed by atoms with Crippen LogP contribution in [0.25, 0.3) is 0 Å². The quantitative estimate of drug-likeness (QED) is 0.431. The summed E-state index contributed by atoms with van der Waals surface area (Å²) in [6.45, 7) is 7.25. The Kier molecular flexibility index (Phi) is 4.80. The molecule has 0 aromatic heterocycles. The van der Waals surface area contributed by atoms with E-state index in [-0.39, 0.29) is 6.10 Å². The van der Waals surface area contributed by atoms with Gasteiger partial charge in [0.25, 0.3) is 0 Å². The molecule has 2 nitrogen and oxygen atoms in total. The maximum Gasteiger partial charge on any atom is 0.205 e. The maximum atomic E-state index is 5.57. The van der Waals surface area contributed by atoms with Gasteiger partial charge in [-0.3, -0.25) is 0 Å². The van der Waals surface area contributed by atoms with E-state index in [0.717, 1.165) is 12.8 Å². The molecule has 1 saturated carbocycles. The van der Waals surface area contributed by atoms with Gasteiger partial charge in [0.05, 0.1) is 0 Å². The van der Waals surface area contributed by atoms with Gasteiger partial charge >= 0.3 is 0 Å². The zero-order valence-electron chi connectivity index (χ0n) is 8.35. The normalized spacial score (nSPS) is 27.5. The Labute approximate surface area is 91.2 Å². The number of hydrogen-bond acceptors (Lipinski definition) is 3. The summed E-state index contributed by atoms with van der Waals surface area (Å²) in [6, 6.07) is 0. The van der Waals surface area contributed by atoms with Crippen LogP contribution in [0, 0.1) is 0 Å². The fraction of sp³-hybridized carbons (Fsp3) is 0.545. The molecule has 1 fully saturated rings. The van der Waals surface area contributed by atoms with Crippen LogP contribution in [0.1, 0.15) is 25.7 Å². The molecule has 0 saturated heterocycles. The van der Waals surface area contributed by atoms with Crippen LogP contribution in [-0.4, -0.2) is 17.6 Å². The molecular weight excluding hydrogens is 194 g/mol. The first-order valence-electron chi connectivity index (χ1n) is 4.91. The summed E-state index contributed by atoms with van der Waals surface area (Å²) in [6.07, 6.45) is 7.87. The van der Waals surface area contributed by atoms with E-state index in [2.05, 4.69) is 30.8 Å². The molecule has 78 valence electrons. The van der Waals surface area contributed by atoms with E-state index in [0.29, 0.717) is 11.1 Å². The average Bonchev–Trinajstić information content (AvgIpc) is 2.15. The summed E-state index contributed by atoms with van der Waals surface area (Å²) >= 11 is 4.45. The van der Waals surface area contributed by atoms with Crippen molar-refractivity contribution in [2.45, 2.75) is 37.0 Å². The zero-order chi connectivity index (χ0) is 10.4. The number of thiol groups is 1. The number of aliphatic imine (C=N–C) groups is 1. The number of rotatable bonds is 4. The topological polar surface area (TPSA) is 21.6 Å². The van der Waals surface area contributed by atoms with Gasteiger partial charge in [-0.15, -0.1) is 0 Å². The van der Waals surface area contributed by atoms with Gasteiger partial charge in [-0.1, -0.05) is 12.7 Å². The molecule has 0 aromatic rings. The predicted molar refractivity (Wildman–Crippen MR) is 63.9 cm³/mol. The third kappa shape index (κ3) is 4.01. The highest BCUT2D eigenvalue weighted by atomic mass is 32.1. The highest BCUT2D eigenvalue weighted by Gasteiger charge is 2.20. The zero-order valence-corrected chi connectivity index (χ0v) is 9.25. The van der Waals surface area contributed by atoms with Crippen LogP contribution >= 0.6 is 12.6 Å². The van der Waals surface area contributed by atoms with Crippen molar-refractivity contribution >= 4 is 18.8 Å². The molecule has 0 amide bonds. The Morgan fingerprint density at radius 3 is 2.93 bits per heavy atom. The van der Waals surface area contributed by atoms with Crippen molar-refractivity contribution in [2.24, 2.45) is 4.99 Å². The molecule has 0 heterocycles. The van der Waals surface area contributed by atoms with Gasteiger partial charge < -0.3 is 4.74 Å². The van der Waals surface area contributed by atoms with E-state index in [1.54, 1.807) is 12.3 Å². The Bertz CT molecular complexity index is 237. The SMILES string of the molecule is C=C/C=N\C(=C)OC1CCCC(S)C1. The first-order chi connectivity index (χ1) is 6.72. The first kappa shape index (κ1) is 11.4. The van der Waals surface area contributed by atoms with Gasteiger partial charge in [-0.25, -0.2) is 4.99 Å². The van der Waals surface area contributed by atoms with Gasteiger partial charge in [0.1, 0.15) is 6.10 Å². The Hall–Kier alpha value is -0.700. The lowest BCUT2D eigenvalue weighted by molar-refractivity contribution is 0.0848. The van der Waals surface area contributed by atoms with Crippen molar-refractivity contribution in [3.63, 3.8) is 0 Å². The molecule has 0 spiro atoms. The first-order valence-corrected chi connectivity index (χ1v) is 5.42. The van der Waals surface area contributed by atoms with Crippen LogP contribution < -0.4 is 0 Å². The largest absolute Gasteiger partial charge is 0.475 e. The molecule has 0 radical (unpaired) electrons. The second kappa shape index (κ2) is 5.91. The molecule has 1 rings (SSSR count). The minimum Gasteiger partial charge on any atom is -0.475 e. The highest BCUT2D eigenvalue weighted by molar-refractivity contribution is 7.80. The third-order valence-corrected chi connectivity index (χ3v) is 2.69. The number of allylic oxidation sites excluding steroid dienone is 1. The van der Waals surface area contributed by atoms with Gasteiger partial charge in [-0.05, 0) is 32.3 Å². The van der Waals surface area contributed by atoms with Crippen LogP contribution in [-0.2, 0) is 4.74 Å². The van der Waals surface area contributed by atoms with Crippen LogP contribution in [0.15, 0.2) is 30.1 Å². The third-order valence-electron chi connectivity index (χ3n) is 2.23. The second-order valence-corrected chi connectivity index (χ2v) is 4.20. The molecule has 1 aliphatic carbocycles. The number of nitrogens with zero attached hydrogens (tertiary/aromatic N) is 1. The average molecular weight is 211 g/mol. The van der Waals surface area contributed by atoms with Gasteiger partial charge in [0.2, 0.25) is 5.88 Å². The van der Waals surface area contributed by atoms with E-state index >= 15 is 0 Å². The minimum atomic E-state index is 0.237. The van der Waals surface area contributed by atoms with Crippen molar-refractivity contribution in [1.82, 2.24) is 0 Å². The summed E-state index contributed by atoms with van der Waals surface area (Å²) in [5.74, 6) is 0.470. The van der Waals surface area contributed by atoms with Crippen molar-refractivity contribution in [3.05, 3.63) is 25.1 Å². The summed E-state index contributed by atoms with van der Waals surface area (Å²) in [7, 11) is 0. The molecule has 1 aliphatic rings. The van der Waals surface area contributed by atoms with Crippen LogP contribution in [0.3, 0.4) is 0 Å². The molecule has 2 unspecified atom stereocenters. The molecule has 0 aliphatic heterocycles. The fourth-order valence-electron chi connectivity index (χ4n) is 1.59. The number of hydrogen-bond donors (Lipinski definition) is 1. The standard InChI is InChI=1S/C11H17NOS/c1-3-7-12-9(2)13-10-5-4-6-11(14)8-10/h3,7,10-11,14H,1-2,4-6,8H2/b12-7-. The monoisotopic (exact) mass is 211 g/mol. The Balaban J connectivity index is 2.32. The van der Waals surface area contributed by atoms with Crippen molar-refractivity contribution < 1.29 is 4.74 Å². The van der Waals surface area contributed by atoms with Gasteiger partial charge in [-0.2, -0.15) is 12.6 Å². The molecular formula is C11H17NOS. The summed E-state index contributed by atoms with van der Waals surface area (Å²) < 4.78 is 5.57. The number of ether oxygens (including phenoxy) is 1. The Morgan fingerprint density at radius 2 is 2.29 bits per heavy atom. The van der Waals surface area contributed by atoms with E-state index < -0.39 is 0 Å². The van der Waals surface area contributed by atoms with E-state index in [1.165, 1.54) is 12.8 Å². The second-order valence-electron chi connectivity index (χ2n) is 3.47. The molecule has 3 heteroatoms. The van der Waals surface area contributed by atoms with Crippen molar-refractivity contribution in [1.29, 1.82) is 0 Å². The van der Waals surface area contributed by atoms with Gasteiger partial charge in [0.15, 0.2) is 0 Å². The van der Waals surface area contributed by atoms with Crippen molar-refractivity contribution in [2.75, 3.05) is 0 Å². The molecule has 0 N–H and O–H groups in total. The van der Waals surface area contributed by atoms with E-state index in [9.17, 15) is 0 Å².